The SMILES string of the molecule is Cc1ccc(S(=O)(=O)OS(c2ccccc2)(c2c(C(C)C)cc(C(C)C)cc2C(C)C)c2c(C(C)C)cc(C(C)C)cc2C(C)C)cc1. The monoisotopic (exact) mass is 686 g/mol. The van der Waals surface area contributed by atoms with E-state index in [0.717, 1.165) is 42.5 Å². The van der Waals surface area contributed by atoms with Crippen LogP contribution in [-0.2, 0) is 13.7 Å². The van der Waals surface area contributed by atoms with Gasteiger partial charge in [-0.15, -0.1) is 0 Å². The molecule has 4 aromatic rings. The molecule has 0 atom stereocenters. The van der Waals surface area contributed by atoms with Crippen molar-refractivity contribution >= 4 is 20.4 Å². The molecule has 0 saturated heterocycles. The summed E-state index contributed by atoms with van der Waals surface area (Å²) in [5, 5.41) is 0. The van der Waals surface area contributed by atoms with Gasteiger partial charge in [-0.25, -0.2) is 3.63 Å². The predicted molar refractivity (Wildman–Crippen MR) is 206 cm³/mol. The van der Waals surface area contributed by atoms with Gasteiger partial charge in [-0.3, -0.25) is 0 Å². The topological polar surface area (TPSA) is 43.4 Å². The van der Waals surface area contributed by atoms with E-state index < -0.39 is 20.4 Å². The van der Waals surface area contributed by atoms with Gasteiger partial charge < -0.3 is 0 Å². The zero-order chi connectivity index (χ0) is 35.7. The average Bonchev–Trinajstić information content (AvgIpc) is 3.02. The standard InChI is InChI=1S/C43H58O3S2/c1-27(2)34-23-38(29(5)6)42(39(24-34)30(7)8)47(36-17-15-14-16-18-36,46-48(44,45)37-21-19-33(13)20-22-37)43-40(31(9)10)25-35(28(3)4)26-41(43)32(11)12/h14-32H,1-13H3. The van der Waals surface area contributed by atoms with Gasteiger partial charge in [0.05, 0.1) is 4.90 Å². The molecule has 3 nitrogen and oxygen atoms in total. The molecule has 260 valence electrons. The maximum Gasteiger partial charge on any atom is 0.307 e. The Balaban J connectivity index is 2.42. The van der Waals surface area contributed by atoms with E-state index in [0.29, 0.717) is 11.8 Å². The molecular formula is C43H58O3S2. The molecule has 5 heteroatoms. The van der Waals surface area contributed by atoms with Gasteiger partial charge in [0.2, 0.25) is 0 Å². The van der Waals surface area contributed by atoms with Crippen molar-refractivity contribution in [2.75, 3.05) is 0 Å². The molecule has 0 bridgehead atoms. The fourth-order valence-electron chi connectivity index (χ4n) is 6.38. The smallest absolute Gasteiger partial charge is 0.203 e. The van der Waals surface area contributed by atoms with E-state index in [9.17, 15) is 8.42 Å². The molecule has 0 fully saturated rings. The van der Waals surface area contributed by atoms with Crippen LogP contribution in [0.3, 0.4) is 0 Å². The Hall–Kier alpha value is -2.86. The zero-order valence-electron chi connectivity index (χ0n) is 31.5. The van der Waals surface area contributed by atoms with Gasteiger partial charge in [0.25, 0.3) is 0 Å². The van der Waals surface area contributed by atoms with Gasteiger partial charge in [0.1, 0.15) is 0 Å². The Labute approximate surface area is 294 Å². The highest BCUT2D eigenvalue weighted by atomic mass is 32.3. The normalized spacial score (nSPS) is 13.1. The molecule has 0 aliphatic rings. The third kappa shape index (κ3) is 7.49. The summed E-state index contributed by atoms with van der Waals surface area (Å²) in [6.07, 6.45) is 0. The molecule has 0 saturated carbocycles. The minimum atomic E-state index is -4.26. The van der Waals surface area contributed by atoms with Gasteiger partial charge in [-0.1, -0.05) is 143 Å². The lowest BCUT2D eigenvalue weighted by atomic mass is 9.89. The summed E-state index contributed by atoms with van der Waals surface area (Å²) in [7, 11) is -7.19. The predicted octanol–water partition coefficient (Wildman–Crippen LogP) is 13.3. The molecule has 0 radical (unpaired) electrons. The van der Waals surface area contributed by atoms with Crippen LogP contribution in [0.4, 0.5) is 0 Å². The van der Waals surface area contributed by atoms with Crippen LogP contribution in [0.25, 0.3) is 0 Å². The van der Waals surface area contributed by atoms with Crippen molar-refractivity contribution in [3.63, 3.8) is 0 Å². The molecule has 0 aromatic heterocycles. The Bertz CT molecular complexity index is 1680. The van der Waals surface area contributed by atoms with Crippen molar-refractivity contribution in [2.24, 2.45) is 0 Å². The molecule has 0 unspecified atom stereocenters. The molecule has 0 N–H and O–H groups in total. The van der Waals surface area contributed by atoms with E-state index in [1.165, 1.54) is 11.1 Å². The highest BCUT2D eigenvalue weighted by molar-refractivity contribution is 8.33. The van der Waals surface area contributed by atoms with Crippen LogP contribution in [0, 0.1) is 6.92 Å². The van der Waals surface area contributed by atoms with Gasteiger partial charge >= 0.3 is 10.1 Å². The lowest BCUT2D eigenvalue weighted by molar-refractivity contribution is 0.506. The maximum atomic E-state index is 15.0. The molecule has 0 aliphatic heterocycles. The number of hydrogen-bond acceptors (Lipinski definition) is 3. The largest absolute Gasteiger partial charge is 0.307 e. The first kappa shape index (κ1) is 38.0. The van der Waals surface area contributed by atoms with E-state index in [1.807, 2.05) is 37.3 Å². The van der Waals surface area contributed by atoms with Crippen LogP contribution in [0.15, 0.2) is 98.4 Å². The first-order valence-corrected chi connectivity index (χ1v) is 20.7. The second-order valence-corrected chi connectivity index (χ2v) is 19.5. The van der Waals surface area contributed by atoms with Crippen molar-refractivity contribution in [3.05, 3.63) is 118 Å². The van der Waals surface area contributed by atoms with Gasteiger partial charge in [0, 0.05) is 14.7 Å². The third-order valence-corrected chi connectivity index (χ3v) is 14.7. The molecular weight excluding hydrogens is 629 g/mol. The van der Waals surface area contributed by atoms with Crippen molar-refractivity contribution < 1.29 is 12.0 Å². The number of benzene rings is 4. The lowest BCUT2D eigenvalue weighted by Crippen LogP contribution is -2.21. The summed E-state index contributed by atoms with van der Waals surface area (Å²) < 4.78 is 37.1. The summed E-state index contributed by atoms with van der Waals surface area (Å²) >= 11 is 0. The Morgan fingerprint density at radius 3 is 1.12 bits per heavy atom. The van der Waals surface area contributed by atoms with Gasteiger partial charge in [-0.05, 0) is 110 Å². The van der Waals surface area contributed by atoms with Crippen molar-refractivity contribution in [1.82, 2.24) is 0 Å². The maximum absolute atomic E-state index is 15.0. The fraction of sp³-hybridized carbons (Fsp3) is 0.442. The lowest BCUT2D eigenvalue weighted by Gasteiger charge is -2.46. The van der Waals surface area contributed by atoms with Crippen LogP contribution in [-0.4, -0.2) is 8.42 Å². The van der Waals surface area contributed by atoms with Crippen molar-refractivity contribution in [3.8, 4) is 0 Å². The first-order chi connectivity index (χ1) is 22.4. The minimum absolute atomic E-state index is 0.123. The van der Waals surface area contributed by atoms with Crippen LogP contribution in [0.1, 0.15) is 158 Å². The molecule has 0 heterocycles. The van der Waals surface area contributed by atoms with E-state index in [4.69, 9.17) is 3.63 Å². The summed E-state index contributed by atoms with van der Waals surface area (Å²) in [6, 6.07) is 26.6. The van der Waals surface area contributed by atoms with E-state index in [2.05, 4.69) is 119 Å². The zero-order valence-corrected chi connectivity index (χ0v) is 33.1. The van der Waals surface area contributed by atoms with Crippen molar-refractivity contribution in [2.45, 2.75) is 145 Å². The van der Waals surface area contributed by atoms with E-state index in [1.54, 1.807) is 12.1 Å². The second kappa shape index (κ2) is 14.9. The quantitative estimate of drug-likeness (QED) is 0.149. The highest BCUT2D eigenvalue weighted by Gasteiger charge is 2.45. The Kier molecular flexibility index (Phi) is 11.8. The molecule has 0 aliphatic carbocycles. The molecule has 48 heavy (non-hydrogen) atoms. The van der Waals surface area contributed by atoms with Crippen LogP contribution >= 0.6 is 10.3 Å². The van der Waals surface area contributed by atoms with E-state index >= 15 is 0 Å². The van der Waals surface area contributed by atoms with Gasteiger partial charge in [0.15, 0.2) is 0 Å². The summed E-state index contributed by atoms with van der Waals surface area (Å²) in [5.74, 6) is 1.12. The Morgan fingerprint density at radius 2 is 0.812 bits per heavy atom. The van der Waals surface area contributed by atoms with Crippen LogP contribution in [0.2, 0.25) is 0 Å². The highest BCUT2D eigenvalue weighted by Crippen LogP contribution is 2.75. The number of hydrogen-bond donors (Lipinski definition) is 0. The molecule has 0 spiro atoms. The van der Waals surface area contributed by atoms with Crippen LogP contribution in [0.5, 0.6) is 0 Å². The van der Waals surface area contributed by atoms with E-state index in [-0.39, 0.29) is 28.6 Å². The Morgan fingerprint density at radius 1 is 0.458 bits per heavy atom. The molecule has 4 rings (SSSR count). The van der Waals surface area contributed by atoms with Crippen molar-refractivity contribution in [1.29, 1.82) is 0 Å². The number of rotatable bonds is 12. The third-order valence-electron chi connectivity index (χ3n) is 9.31. The minimum Gasteiger partial charge on any atom is -0.203 e. The first-order valence-electron chi connectivity index (χ1n) is 17.7. The average molecular weight is 687 g/mol. The number of aryl methyl sites for hydroxylation is 1. The molecule has 4 aromatic carbocycles. The summed E-state index contributed by atoms with van der Waals surface area (Å²) in [4.78, 5) is 3.12. The fourth-order valence-corrected chi connectivity index (χ4v) is 12.8. The second-order valence-electron chi connectivity index (χ2n) is 15.2. The van der Waals surface area contributed by atoms with Crippen LogP contribution < -0.4 is 0 Å². The summed E-state index contributed by atoms with van der Waals surface area (Å²) in [6.45, 7) is 28.7. The molecule has 0 amide bonds. The summed E-state index contributed by atoms with van der Waals surface area (Å²) in [5.41, 5.74) is 8.13. The van der Waals surface area contributed by atoms with Gasteiger partial charge in [-0.2, -0.15) is 8.42 Å².